The lowest BCUT2D eigenvalue weighted by Gasteiger charge is -2.10. The minimum Gasteiger partial charge on any atom is -0.493 e. The fraction of sp³-hybridized carbons (Fsp3) is 0.467. The number of hydrogen-bond donors (Lipinski definition) is 0. The Morgan fingerprint density at radius 3 is 2.50 bits per heavy atom. The SMILES string of the molecule is CCCCC(=O)Oc1ccc(C(=O)OCC)cc1OC. The molecule has 0 aliphatic carbocycles. The zero-order chi connectivity index (χ0) is 15.0. The molecule has 0 atom stereocenters. The number of benzene rings is 1. The number of unbranched alkanes of at least 4 members (excludes halogenated alkanes) is 1. The first kappa shape index (κ1) is 16.0. The van der Waals surface area contributed by atoms with Crippen LogP contribution in [-0.4, -0.2) is 25.7 Å². The minimum absolute atomic E-state index is 0.300. The van der Waals surface area contributed by atoms with Crippen LogP contribution in [0.25, 0.3) is 0 Å². The van der Waals surface area contributed by atoms with Crippen LogP contribution in [0.15, 0.2) is 18.2 Å². The second kappa shape index (κ2) is 8.19. The molecule has 20 heavy (non-hydrogen) atoms. The summed E-state index contributed by atoms with van der Waals surface area (Å²) in [5.41, 5.74) is 0.358. The second-order valence-corrected chi connectivity index (χ2v) is 4.16. The van der Waals surface area contributed by atoms with Crippen LogP contribution in [0.4, 0.5) is 0 Å². The molecule has 0 radical (unpaired) electrons. The molecule has 110 valence electrons. The zero-order valence-corrected chi connectivity index (χ0v) is 12.1. The third-order valence-electron chi connectivity index (χ3n) is 2.63. The summed E-state index contributed by atoms with van der Waals surface area (Å²) in [6.07, 6.45) is 2.06. The van der Waals surface area contributed by atoms with Crippen molar-refractivity contribution in [3.63, 3.8) is 0 Å². The molecule has 0 bridgehead atoms. The van der Waals surface area contributed by atoms with E-state index in [1.807, 2.05) is 6.92 Å². The normalized spacial score (nSPS) is 9.95. The van der Waals surface area contributed by atoms with Crippen molar-refractivity contribution in [2.45, 2.75) is 33.1 Å². The number of ether oxygens (including phenoxy) is 3. The number of carbonyl (C=O) groups excluding carboxylic acids is 2. The maximum Gasteiger partial charge on any atom is 0.338 e. The Morgan fingerprint density at radius 1 is 1.15 bits per heavy atom. The van der Waals surface area contributed by atoms with E-state index in [4.69, 9.17) is 14.2 Å². The third-order valence-corrected chi connectivity index (χ3v) is 2.63. The highest BCUT2D eigenvalue weighted by atomic mass is 16.6. The zero-order valence-electron chi connectivity index (χ0n) is 12.1. The van der Waals surface area contributed by atoms with Gasteiger partial charge in [-0.15, -0.1) is 0 Å². The Balaban J connectivity index is 2.82. The maximum absolute atomic E-state index is 11.6. The van der Waals surface area contributed by atoms with Gasteiger partial charge >= 0.3 is 11.9 Å². The summed E-state index contributed by atoms with van der Waals surface area (Å²) in [5, 5.41) is 0. The average Bonchev–Trinajstić information content (AvgIpc) is 2.45. The summed E-state index contributed by atoms with van der Waals surface area (Å²) in [6, 6.07) is 4.58. The van der Waals surface area contributed by atoms with Crippen LogP contribution in [0.1, 0.15) is 43.5 Å². The molecule has 0 spiro atoms. The van der Waals surface area contributed by atoms with Crippen molar-refractivity contribution in [3.8, 4) is 11.5 Å². The molecule has 1 rings (SSSR count). The molecular weight excluding hydrogens is 260 g/mol. The third kappa shape index (κ3) is 4.57. The number of esters is 2. The van der Waals surface area contributed by atoms with Gasteiger partial charge in [0.2, 0.25) is 0 Å². The Kier molecular flexibility index (Phi) is 6.56. The van der Waals surface area contributed by atoms with Crippen LogP contribution < -0.4 is 9.47 Å². The summed E-state index contributed by atoms with van der Waals surface area (Å²) in [7, 11) is 1.45. The Morgan fingerprint density at radius 2 is 1.90 bits per heavy atom. The van der Waals surface area contributed by atoms with E-state index in [0.717, 1.165) is 12.8 Å². The summed E-state index contributed by atoms with van der Waals surface area (Å²) < 4.78 is 15.3. The van der Waals surface area contributed by atoms with Crippen molar-refractivity contribution < 1.29 is 23.8 Å². The van der Waals surface area contributed by atoms with E-state index < -0.39 is 5.97 Å². The number of methoxy groups -OCH3 is 1. The summed E-state index contributed by atoms with van der Waals surface area (Å²) in [6.45, 7) is 4.04. The fourth-order valence-corrected chi connectivity index (χ4v) is 1.59. The Labute approximate surface area is 118 Å². The molecule has 1 aromatic carbocycles. The van der Waals surface area contributed by atoms with Crippen LogP contribution in [-0.2, 0) is 9.53 Å². The number of hydrogen-bond acceptors (Lipinski definition) is 5. The Bertz CT molecular complexity index is 467. The van der Waals surface area contributed by atoms with Gasteiger partial charge in [0.25, 0.3) is 0 Å². The molecule has 0 amide bonds. The molecule has 0 unspecified atom stereocenters. The highest BCUT2D eigenvalue weighted by Gasteiger charge is 2.14. The Hall–Kier alpha value is -2.04. The molecule has 5 heteroatoms. The van der Waals surface area contributed by atoms with E-state index in [2.05, 4.69) is 0 Å². The van der Waals surface area contributed by atoms with Gasteiger partial charge in [0.05, 0.1) is 19.3 Å². The highest BCUT2D eigenvalue weighted by molar-refractivity contribution is 5.90. The van der Waals surface area contributed by atoms with E-state index in [0.29, 0.717) is 30.1 Å². The minimum atomic E-state index is -0.436. The summed E-state index contributed by atoms with van der Waals surface area (Å²) in [5.74, 6) is -0.106. The first-order valence-electron chi connectivity index (χ1n) is 6.68. The van der Waals surface area contributed by atoms with Crippen molar-refractivity contribution >= 4 is 11.9 Å². The number of carbonyl (C=O) groups is 2. The van der Waals surface area contributed by atoms with Crippen LogP contribution in [0.3, 0.4) is 0 Å². The lowest BCUT2D eigenvalue weighted by molar-refractivity contribution is -0.134. The van der Waals surface area contributed by atoms with E-state index in [-0.39, 0.29) is 5.97 Å². The van der Waals surface area contributed by atoms with Gasteiger partial charge in [0.1, 0.15) is 0 Å². The van der Waals surface area contributed by atoms with Gasteiger partial charge < -0.3 is 14.2 Å². The van der Waals surface area contributed by atoms with Crippen molar-refractivity contribution in [1.82, 2.24) is 0 Å². The lowest BCUT2D eigenvalue weighted by Crippen LogP contribution is -2.09. The molecule has 0 saturated carbocycles. The molecule has 0 aliphatic heterocycles. The standard InChI is InChI=1S/C15H20O5/c1-4-6-7-14(16)20-12-9-8-11(10-13(12)18-3)15(17)19-5-2/h8-10H,4-7H2,1-3H3. The van der Waals surface area contributed by atoms with Crippen LogP contribution in [0.2, 0.25) is 0 Å². The first-order chi connectivity index (χ1) is 9.62. The molecule has 0 N–H and O–H groups in total. The van der Waals surface area contributed by atoms with E-state index >= 15 is 0 Å². The van der Waals surface area contributed by atoms with E-state index in [1.165, 1.54) is 19.2 Å². The predicted molar refractivity (Wildman–Crippen MR) is 74.1 cm³/mol. The van der Waals surface area contributed by atoms with Gasteiger partial charge in [-0.2, -0.15) is 0 Å². The quantitative estimate of drug-likeness (QED) is 0.567. The highest BCUT2D eigenvalue weighted by Crippen LogP contribution is 2.28. The summed E-state index contributed by atoms with van der Waals surface area (Å²) in [4.78, 5) is 23.2. The van der Waals surface area contributed by atoms with Gasteiger partial charge in [0, 0.05) is 6.42 Å². The molecular formula is C15H20O5. The van der Waals surface area contributed by atoms with E-state index in [1.54, 1.807) is 13.0 Å². The van der Waals surface area contributed by atoms with Crippen LogP contribution in [0.5, 0.6) is 11.5 Å². The van der Waals surface area contributed by atoms with Gasteiger partial charge in [-0.25, -0.2) is 4.79 Å². The monoisotopic (exact) mass is 280 g/mol. The smallest absolute Gasteiger partial charge is 0.338 e. The molecule has 0 aliphatic rings. The largest absolute Gasteiger partial charge is 0.493 e. The van der Waals surface area contributed by atoms with E-state index in [9.17, 15) is 9.59 Å². The topological polar surface area (TPSA) is 61.8 Å². The van der Waals surface area contributed by atoms with Crippen molar-refractivity contribution in [3.05, 3.63) is 23.8 Å². The van der Waals surface area contributed by atoms with Crippen molar-refractivity contribution in [2.75, 3.05) is 13.7 Å². The molecule has 0 aromatic heterocycles. The molecule has 0 heterocycles. The second-order valence-electron chi connectivity index (χ2n) is 4.16. The molecule has 1 aromatic rings. The fourth-order valence-electron chi connectivity index (χ4n) is 1.59. The molecule has 0 fully saturated rings. The maximum atomic E-state index is 11.6. The van der Waals surface area contributed by atoms with Gasteiger partial charge in [0.15, 0.2) is 11.5 Å². The van der Waals surface area contributed by atoms with Crippen molar-refractivity contribution in [2.24, 2.45) is 0 Å². The van der Waals surface area contributed by atoms with Crippen molar-refractivity contribution in [1.29, 1.82) is 0 Å². The average molecular weight is 280 g/mol. The van der Waals surface area contributed by atoms with Crippen LogP contribution >= 0.6 is 0 Å². The van der Waals surface area contributed by atoms with Gasteiger partial charge in [-0.3, -0.25) is 4.79 Å². The predicted octanol–water partition coefficient (Wildman–Crippen LogP) is 2.97. The molecule has 5 nitrogen and oxygen atoms in total. The summed E-state index contributed by atoms with van der Waals surface area (Å²) >= 11 is 0. The van der Waals surface area contributed by atoms with Gasteiger partial charge in [-0.1, -0.05) is 13.3 Å². The van der Waals surface area contributed by atoms with Crippen LogP contribution in [0, 0.1) is 0 Å². The molecule has 0 saturated heterocycles. The lowest BCUT2D eigenvalue weighted by atomic mass is 10.2. The first-order valence-corrected chi connectivity index (χ1v) is 6.68. The van der Waals surface area contributed by atoms with Gasteiger partial charge in [-0.05, 0) is 31.5 Å². The number of rotatable bonds is 7.